The zero-order valence-corrected chi connectivity index (χ0v) is 16.6. The first-order chi connectivity index (χ1) is 13.3. The minimum Gasteiger partial charge on any atom is -0.297 e. The van der Waals surface area contributed by atoms with Gasteiger partial charge in [-0.25, -0.2) is 9.67 Å². The van der Waals surface area contributed by atoms with Gasteiger partial charge < -0.3 is 0 Å². The minimum absolute atomic E-state index is 0.497. The first-order valence-corrected chi connectivity index (χ1v) is 11.1. The number of nitrogens with zero attached hydrogens (tertiary/aromatic N) is 6. The molecule has 3 aliphatic rings. The lowest BCUT2D eigenvalue weighted by atomic mass is 10.0. The molecule has 0 amide bonds. The second-order valence-electron chi connectivity index (χ2n) is 7.71. The van der Waals surface area contributed by atoms with Crippen molar-refractivity contribution >= 4 is 23.4 Å². The second-order valence-corrected chi connectivity index (χ2v) is 8.48. The Morgan fingerprint density at radius 2 is 1.89 bits per heavy atom. The molecule has 1 aromatic heterocycles. The van der Waals surface area contributed by atoms with Gasteiger partial charge in [-0.2, -0.15) is 4.98 Å². The van der Waals surface area contributed by atoms with E-state index in [1.807, 2.05) is 10.9 Å². The molecule has 7 heteroatoms. The second kappa shape index (κ2) is 7.37. The molecule has 2 fully saturated rings. The SMILES string of the molecule is CSc1nc2n(n1)CC1CCC(N3CCN(Cc4ccccc4)CC3)C1=N2. The maximum absolute atomic E-state index is 4.96. The third-order valence-corrected chi connectivity index (χ3v) is 6.62. The van der Waals surface area contributed by atoms with Crippen LogP contribution in [-0.4, -0.2) is 68.8 Å². The third-order valence-electron chi connectivity index (χ3n) is 6.08. The summed E-state index contributed by atoms with van der Waals surface area (Å²) in [6, 6.07) is 11.3. The molecule has 0 spiro atoms. The molecule has 6 nitrogen and oxygen atoms in total. The molecule has 27 heavy (non-hydrogen) atoms. The summed E-state index contributed by atoms with van der Waals surface area (Å²) in [5.41, 5.74) is 2.77. The van der Waals surface area contributed by atoms with Crippen LogP contribution in [0.15, 0.2) is 40.5 Å². The number of rotatable bonds is 4. The summed E-state index contributed by atoms with van der Waals surface area (Å²) < 4.78 is 2.00. The molecule has 142 valence electrons. The number of aromatic nitrogens is 3. The average molecular weight is 383 g/mol. The fourth-order valence-electron chi connectivity index (χ4n) is 4.65. The Balaban J connectivity index is 1.25. The van der Waals surface area contributed by atoms with Crippen LogP contribution in [0, 0.1) is 5.92 Å². The van der Waals surface area contributed by atoms with Crippen molar-refractivity contribution in [1.82, 2.24) is 24.6 Å². The average Bonchev–Trinajstić information content (AvgIpc) is 3.30. The largest absolute Gasteiger partial charge is 0.297 e. The van der Waals surface area contributed by atoms with E-state index in [0.29, 0.717) is 12.0 Å². The Hall–Kier alpha value is -1.70. The summed E-state index contributed by atoms with van der Waals surface area (Å²) in [6.45, 7) is 6.54. The number of thioether (sulfide) groups is 1. The molecule has 3 heterocycles. The molecule has 1 aliphatic carbocycles. The number of fused-ring (bicyclic) bond motifs is 2. The Morgan fingerprint density at radius 3 is 2.67 bits per heavy atom. The number of hydrogen-bond acceptors (Lipinski definition) is 6. The molecule has 0 bridgehead atoms. The van der Waals surface area contributed by atoms with Crippen LogP contribution in [-0.2, 0) is 13.1 Å². The van der Waals surface area contributed by atoms with Crippen LogP contribution in [0.1, 0.15) is 18.4 Å². The smallest absolute Gasteiger partial charge is 0.248 e. The predicted molar refractivity (Wildman–Crippen MR) is 109 cm³/mol. The van der Waals surface area contributed by atoms with Crippen molar-refractivity contribution < 1.29 is 0 Å². The molecule has 2 aromatic rings. The Bertz CT molecular complexity index is 824. The van der Waals surface area contributed by atoms with Gasteiger partial charge in [0, 0.05) is 50.4 Å². The fraction of sp³-hybridized carbons (Fsp3) is 0.550. The standard InChI is InChI=1S/C20H26N6S/c1-27-20-22-19-21-18-16(14-26(19)23-20)7-8-17(18)25-11-9-24(10-12-25)13-15-5-3-2-4-6-15/h2-6,16-17H,7-14H2,1H3. The van der Waals surface area contributed by atoms with Gasteiger partial charge in [0.2, 0.25) is 11.1 Å². The van der Waals surface area contributed by atoms with Crippen LogP contribution in [0.25, 0.3) is 0 Å². The van der Waals surface area contributed by atoms with Gasteiger partial charge in [-0.15, -0.1) is 5.10 Å². The summed E-state index contributed by atoms with van der Waals surface area (Å²) in [4.78, 5) is 14.8. The molecule has 0 radical (unpaired) electrons. The van der Waals surface area contributed by atoms with E-state index in [2.05, 4.69) is 50.2 Å². The van der Waals surface area contributed by atoms with Gasteiger partial charge in [-0.1, -0.05) is 42.1 Å². The molecule has 1 saturated heterocycles. The monoisotopic (exact) mass is 382 g/mol. The maximum atomic E-state index is 4.96. The van der Waals surface area contributed by atoms with Gasteiger partial charge in [0.1, 0.15) is 0 Å². The van der Waals surface area contributed by atoms with Crippen molar-refractivity contribution in [2.45, 2.75) is 37.1 Å². The highest BCUT2D eigenvalue weighted by Gasteiger charge is 2.39. The molecule has 2 unspecified atom stereocenters. The van der Waals surface area contributed by atoms with Gasteiger partial charge in [0.25, 0.3) is 0 Å². The van der Waals surface area contributed by atoms with Gasteiger partial charge in [-0.3, -0.25) is 9.80 Å². The highest BCUT2D eigenvalue weighted by Crippen LogP contribution is 2.35. The highest BCUT2D eigenvalue weighted by molar-refractivity contribution is 7.98. The zero-order valence-electron chi connectivity index (χ0n) is 15.8. The van der Waals surface area contributed by atoms with Crippen LogP contribution < -0.4 is 0 Å². The molecule has 1 saturated carbocycles. The topological polar surface area (TPSA) is 49.6 Å². The van der Waals surface area contributed by atoms with Crippen LogP contribution in [0.5, 0.6) is 0 Å². The lowest BCUT2D eigenvalue weighted by Crippen LogP contribution is -2.51. The minimum atomic E-state index is 0.497. The quantitative estimate of drug-likeness (QED) is 0.761. The van der Waals surface area contributed by atoms with Gasteiger partial charge in [-0.05, 0) is 24.7 Å². The van der Waals surface area contributed by atoms with E-state index < -0.39 is 0 Å². The highest BCUT2D eigenvalue weighted by atomic mass is 32.2. The number of aliphatic imine (C=N–C) groups is 1. The molecule has 0 N–H and O–H groups in total. The molecular formula is C20H26N6S. The van der Waals surface area contributed by atoms with E-state index >= 15 is 0 Å². The zero-order chi connectivity index (χ0) is 18.2. The Kier molecular flexibility index (Phi) is 4.75. The molecule has 2 aliphatic heterocycles. The van der Waals surface area contributed by atoms with Crippen LogP contribution in [0.2, 0.25) is 0 Å². The van der Waals surface area contributed by atoms with E-state index in [0.717, 1.165) is 50.4 Å². The lowest BCUT2D eigenvalue weighted by molar-refractivity contribution is 0.113. The summed E-state index contributed by atoms with van der Waals surface area (Å²) in [6.07, 6.45) is 4.47. The van der Waals surface area contributed by atoms with E-state index in [1.54, 1.807) is 11.8 Å². The van der Waals surface area contributed by atoms with Crippen molar-refractivity contribution in [3.63, 3.8) is 0 Å². The predicted octanol–water partition coefficient (Wildman–Crippen LogP) is 2.68. The van der Waals surface area contributed by atoms with Gasteiger partial charge in [0.15, 0.2) is 0 Å². The van der Waals surface area contributed by atoms with Crippen molar-refractivity contribution in [2.24, 2.45) is 10.9 Å². The van der Waals surface area contributed by atoms with Gasteiger partial charge in [0.05, 0.1) is 6.54 Å². The molecule has 1 aromatic carbocycles. The van der Waals surface area contributed by atoms with Crippen LogP contribution >= 0.6 is 11.8 Å². The summed E-state index contributed by atoms with van der Waals surface area (Å²) in [5.74, 6) is 1.35. The number of piperazine rings is 1. The molecular weight excluding hydrogens is 356 g/mol. The number of hydrogen-bond donors (Lipinski definition) is 0. The summed E-state index contributed by atoms with van der Waals surface area (Å²) in [7, 11) is 0. The van der Waals surface area contributed by atoms with Crippen molar-refractivity contribution in [1.29, 1.82) is 0 Å². The van der Waals surface area contributed by atoms with E-state index in [1.165, 1.54) is 24.1 Å². The molecule has 5 rings (SSSR count). The fourth-order valence-corrected chi connectivity index (χ4v) is 5.00. The van der Waals surface area contributed by atoms with Crippen molar-refractivity contribution in [3.05, 3.63) is 35.9 Å². The normalized spacial score (nSPS) is 25.9. The van der Waals surface area contributed by atoms with Crippen LogP contribution in [0.3, 0.4) is 0 Å². The molecule has 2 atom stereocenters. The summed E-state index contributed by atoms with van der Waals surface area (Å²) in [5, 5.41) is 5.39. The first kappa shape index (κ1) is 17.4. The Labute approximate surface area is 164 Å². The third kappa shape index (κ3) is 3.44. The van der Waals surface area contributed by atoms with E-state index in [-0.39, 0.29) is 0 Å². The first-order valence-electron chi connectivity index (χ1n) is 9.88. The van der Waals surface area contributed by atoms with Crippen molar-refractivity contribution in [3.8, 4) is 0 Å². The van der Waals surface area contributed by atoms with Crippen molar-refractivity contribution in [2.75, 3.05) is 32.4 Å². The number of benzene rings is 1. The van der Waals surface area contributed by atoms with E-state index in [4.69, 9.17) is 4.99 Å². The maximum Gasteiger partial charge on any atom is 0.248 e. The van der Waals surface area contributed by atoms with Crippen LogP contribution in [0.4, 0.5) is 5.95 Å². The van der Waals surface area contributed by atoms with Gasteiger partial charge >= 0.3 is 0 Å². The Morgan fingerprint density at radius 1 is 1.07 bits per heavy atom. The summed E-state index contributed by atoms with van der Waals surface area (Å²) >= 11 is 1.59. The lowest BCUT2D eigenvalue weighted by Gasteiger charge is -2.38. The van der Waals surface area contributed by atoms with E-state index in [9.17, 15) is 0 Å².